The zero-order valence-electron chi connectivity index (χ0n) is 11.9. The Morgan fingerprint density at radius 2 is 2.00 bits per heavy atom. The van der Waals surface area contributed by atoms with Gasteiger partial charge in [0.25, 0.3) is 0 Å². The van der Waals surface area contributed by atoms with E-state index in [1.54, 1.807) is 6.92 Å². The molecule has 0 radical (unpaired) electrons. The third kappa shape index (κ3) is 3.10. The minimum absolute atomic E-state index is 0.411. The Bertz CT molecular complexity index is 440. The Kier molecular flexibility index (Phi) is 4.52. The molecule has 18 heavy (non-hydrogen) atoms. The third-order valence-corrected chi connectivity index (χ3v) is 3.22. The Hall–Kier alpha value is -1.35. The molecule has 1 aromatic carbocycles. The van der Waals surface area contributed by atoms with E-state index in [0.29, 0.717) is 12.5 Å². The second kappa shape index (κ2) is 5.53. The van der Waals surface area contributed by atoms with Gasteiger partial charge >= 0.3 is 5.97 Å². The fraction of sp³-hybridized carbons (Fsp3) is 0.533. The summed E-state index contributed by atoms with van der Waals surface area (Å²) in [6.45, 7) is 10.5. The van der Waals surface area contributed by atoms with E-state index in [1.807, 2.05) is 32.0 Å². The van der Waals surface area contributed by atoms with Gasteiger partial charge in [-0.3, -0.25) is 5.32 Å². The lowest BCUT2D eigenvalue weighted by molar-refractivity contribution is -0.144. The van der Waals surface area contributed by atoms with Crippen LogP contribution in [-0.2, 0) is 10.3 Å². The van der Waals surface area contributed by atoms with Crippen LogP contribution in [0.15, 0.2) is 18.2 Å². The van der Waals surface area contributed by atoms with Gasteiger partial charge in [0.05, 0.1) is 0 Å². The summed E-state index contributed by atoms with van der Waals surface area (Å²) in [5.74, 6) is -0.425. The van der Waals surface area contributed by atoms with Crippen molar-refractivity contribution in [2.24, 2.45) is 5.92 Å². The van der Waals surface area contributed by atoms with Crippen LogP contribution in [0.1, 0.15) is 37.5 Å². The Balaban J connectivity index is 3.18. The summed E-state index contributed by atoms with van der Waals surface area (Å²) in [5.41, 5.74) is 1.90. The van der Waals surface area contributed by atoms with Crippen molar-refractivity contribution >= 4 is 5.97 Å². The lowest BCUT2D eigenvalue weighted by atomic mass is 9.87. The van der Waals surface area contributed by atoms with Gasteiger partial charge in [-0.25, -0.2) is 4.79 Å². The first-order chi connectivity index (χ1) is 8.27. The first-order valence-electron chi connectivity index (χ1n) is 6.33. The van der Waals surface area contributed by atoms with Gasteiger partial charge in [-0.2, -0.15) is 0 Å². The molecule has 0 fully saturated rings. The molecular weight excluding hydrogens is 226 g/mol. The Morgan fingerprint density at radius 1 is 1.39 bits per heavy atom. The van der Waals surface area contributed by atoms with Crippen molar-refractivity contribution in [2.45, 2.75) is 40.2 Å². The summed E-state index contributed by atoms with van der Waals surface area (Å²) in [6, 6.07) is 5.93. The molecule has 2 N–H and O–H groups in total. The fourth-order valence-corrected chi connectivity index (χ4v) is 1.97. The quantitative estimate of drug-likeness (QED) is 0.843. The highest BCUT2D eigenvalue weighted by Crippen LogP contribution is 2.26. The molecule has 1 atom stereocenters. The molecule has 0 bridgehead atoms. The van der Waals surface area contributed by atoms with Gasteiger partial charge in [0.1, 0.15) is 5.54 Å². The number of carboxylic acid groups (broad SMARTS) is 1. The summed E-state index contributed by atoms with van der Waals surface area (Å²) < 4.78 is 0. The van der Waals surface area contributed by atoms with E-state index in [2.05, 4.69) is 19.2 Å². The maximum absolute atomic E-state index is 11.6. The summed E-state index contributed by atoms with van der Waals surface area (Å²) in [5, 5.41) is 12.7. The van der Waals surface area contributed by atoms with E-state index in [-0.39, 0.29) is 0 Å². The van der Waals surface area contributed by atoms with E-state index in [1.165, 1.54) is 0 Å². The number of aliphatic carboxylic acids is 1. The third-order valence-electron chi connectivity index (χ3n) is 3.22. The van der Waals surface area contributed by atoms with Crippen LogP contribution < -0.4 is 5.32 Å². The van der Waals surface area contributed by atoms with Gasteiger partial charge < -0.3 is 5.11 Å². The molecule has 0 amide bonds. The van der Waals surface area contributed by atoms with Gasteiger partial charge in [-0.15, -0.1) is 0 Å². The zero-order chi connectivity index (χ0) is 13.9. The largest absolute Gasteiger partial charge is 0.480 e. The number of aryl methyl sites for hydroxylation is 2. The second-order valence-corrected chi connectivity index (χ2v) is 5.52. The molecule has 0 spiro atoms. The van der Waals surface area contributed by atoms with Crippen LogP contribution in [0.2, 0.25) is 0 Å². The highest BCUT2D eigenvalue weighted by Gasteiger charge is 2.36. The van der Waals surface area contributed by atoms with E-state index in [9.17, 15) is 9.90 Å². The number of carbonyl (C=O) groups is 1. The minimum atomic E-state index is -1.03. The number of nitrogens with one attached hydrogen (secondary N) is 1. The maximum Gasteiger partial charge on any atom is 0.328 e. The molecule has 0 aliphatic rings. The number of carboxylic acids is 1. The molecule has 0 heterocycles. The Labute approximate surface area is 109 Å². The van der Waals surface area contributed by atoms with Crippen LogP contribution in [0.4, 0.5) is 0 Å². The first kappa shape index (κ1) is 14.7. The maximum atomic E-state index is 11.6. The standard InChI is InChI=1S/C15H23NO2/c1-10(2)9-16-15(5,14(17)18)13-8-11(3)6-7-12(13)4/h6-8,10,16H,9H2,1-5H3,(H,17,18). The van der Waals surface area contributed by atoms with Gasteiger partial charge in [-0.1, -0.05) is 37.6 Å². The molecule has 3 heteroatoms. The average molecular weight is 249 g/mol. The van der Waals surface area contributed by atoms with Crippen LogP contribution in [0.5, 0.6) is 0 Å². The van der Waals surface area contributed by atoms with Gasteiger partial charge in [-0.05, 0) is 44.4 Å². The van der Waals surface area contributed by atoms with E-state index in [0.717, 1.165) is 16.7 Å². The molecule has 1 unspecified atom stereocenters. The van der Waals surface area contributed by atoms with Crippen LogP contribution in [-0.4, -0.2) is 17.6 Å². The van der Waals surface area contributed by atoms with Crippen molar-refractivity contribution < 1.29 is 9.90 Å². The molecule has 0 saturated carbocycles. The normalized spacial score (nSPS) is 14.6. The molecule has 0 aliphatic carbocycles. The zero-order valence-corrected chi connectivity index (χ0v) is 11.9. The summed E-state index contributed by atoms with van der Waals surface area (Å²) in [6.07, 6.45) is 0. The predicted molar refractivity (Wildman–Crippen MR) is 73.7 cm³/mol. The van der Waals surface area contributed by atoms with Crippen molar-refractivity contribution in [2.75, 3.05) is 6.54 Å². The van der Waals surface area contributed by atoms with Gasteiger partial charge in [0.2, 0.25) is 0 Å². The highest BCUT2D eigenvalue weighted by atomic mass is 16.4. The van der Waals surface area contributed by atoms with Crippen molar-refractivity contribution in [3.8, 4) is 0 Å². The molecule has 1 rings (SSSR count). The van der Waals surface area contributed by atoms with Crippen LogP contribution in [0.25, 0.3) is 0 Å². The molecule has 100 valence electrons. The van der Waals surface area contributed by atoms with Crippen molar-refractivity contribution in [1.29, 1.82) is 0 Å². The smallest absolute Gasteiger partial charge is 0.328 e. The second-order valence-electron chi connectivity index (χ2n) is 5.52. The van der Waals surface area contributed by atoms with Gasteiger partial charge in [0, 0.05) is 0 Å². The summed E-state index contributed by atoms with van der Waals surface area (Å²) in [7, 11) is 0. The van der Waals surface area contributed by atoms with Crippen molar-refractivity contribution in [1.82, 2.24) is 5.32 Å². The van der Waals surface area contributed by atoms with Crippen molar-refractivity contribution in [3.05, 3.63) is 34.9 Å². The predicted octanol–water partition coefficient (Wildman–Crippen LogP) is 2.85. The van der Waals surface area contributed by atoms with E-state index < -0.39 is 11.5 Å². The Morgan fingerprint density at radius 3 is 2.50 bits per heavy atom. The molecule has 0 aromatic heterocycles. The van der Waals surface area contributed by atoms with E-state index in [4.69, 9.17) is 0 Å². The number of rotatable bonds is 5. The lowest BCUT2D eigenvalue weighted by Gasteiger charge is -2.29. The topological polar surface area (TPSA) is 49.3 Å². The fourth-order valence-electron chi connectivity index (χ4n) is 1.97. The lowest BCUT2D eigenvalue weighted by Crippen LogP contribution is -2.48. The van der Waals surface area contributed by atoms with E-state index >= 15 is 0 Å². The molecule has 1 aromatic rings. The highest BCUT2D eigenvalue weighted by molar-refractivity contribution is 5.81. The molecule has 3 nitrogen and oxygen atoms in total. The first-order valence-corrected chi connectivity index (χ1v) is 6.33. The summed E-state index contributed by atoms with van der Waals surface area (Å²) in [4.78, 5) is 11.6. The SMILES string of the molecule is Cc1ccc(C)c(C(C)(NCC(C)C)C(=O)O)c1. The number of hydrogen-bond donors (Lipinski definition) is 2. The summed E-state index contributed by atoms with van der Waals surface area (Å²) >= 11 is 0. The monoisotopic (exact) mass is 249 g/mol. The number of benzene rings is 1. The minimum Gasteiger partial charge on any atom is -0.480 e. The van der Waals surface area contributed by atoms with Gasteiger partial charge in [0.15, 0.2) is 0 Å². The van der Waals surface area contributed by atoms with Crippen molar-refractivity contribution in [3.63, 3.8) is 0 Å². The van der Waals surface area contributed by atoms with Crippen LogP contribution in [0, 0.1) is 19.8 Å². The molecule has 0 saturated heterocycles. The van der Waals surface area contributed by atoms with Crippen LogP contribution in [0.3, 0.4) is 0 Å². The molecular formula is C15H23NO2. The van der Waals surface area contributed by atoms with Crippen LogP contribution >= 0.6 is 0 Å². The number of hydrogen-bond acceptors (Lipinski definition) is 2. The molecule has 0 aliphatic heterocycles. The average Bonchev–Trinajstić information content (AvgIpc) is 2.29.